The van der Waals surface area contributed by atoms with Crippen molar-refractivity contribution in [2.45, 2.75) is 32.4 Å². The van der Waals surface area contributed by atoms with Gasteiger partial charge < -0.3 is 19.7 Å². The maximum atomic E-state index is 13.3. The van der Waals surface area contributed by atoms with E-state index >= 15 is 0 Å². The van der Waals surface area contributed by atoms with Crippen molar-refractivity contribution < 1.29 is 34.1 Å². The molecule has 2 unspecified atom stereocenters. The second kappa shape index (κ2) is 9.46. The Morgan fingerprint density at radius 1 is 1.03 bits per heavy atom. The minimum Gasteiger partial charge on any atom is -0.508 e. The van der Waals surface area contributed by atoms with Crippen molar-refractivity contribution in [1.29, 1.82) is 0 Å². The number of phenols is 1. The number of aromatic hydroxyl groups is 1. The van der Waals surface area contributed by atoms with Crippen LogP contribution in [0, 0.1) is 0 Å². The summed E-state index contributed by atoms with van der Waals surface area (Å²) in [6.07, 6.45) is 0.673. The smallest absolute Gasteiger partial charge is 0.338 e. The number of hydrogen-bond acceptors (Lipinski definition) is 7. The van der Waals surface area contributed by atoms with E-state index in [-0.39, 0.29) is 29.8 Å². The Morgan fingerprint density at radius 2 is 1.70 bits per heavy atom. The van der Waals surface area contributed by atoms with Crippen molar-refractivity contribution >= 4 is 29.1 Å². The first-order chi connectivity index (χ1) is 17.8. The largest absolute Gasteiger partial charge is 0.508 e. The molecule has 0 aliphatic carbocycles. The number of phenolic OH excluding ortho intramolecular Hbond substituents is 1. The molecule has 0 aromatic heterocycles. The van der Waals surface area contributed by atoms with E-state index in [4.69, 9.17) is 9.47 Å². The van der Waals surface area contributed by atoms with Crippen LogP contribution >= 0.6 is 0 Å². The lowest BCUT2D eigenvalue weighted by Gasteiger charge is -2.25. The fraction of sp³-hybridized carbons (Fsp3) is 0.207. The number of esters is 1. The number of rotatable bonds is 5. The molecule has 0 saturated carbocycles. The molecule has 37 heavy (non-hydrogen) atoms. The van der Waals surface area contributed by atoms with E-state index in [0.717, 1.165) is 11.3 Å². The number of ether oxygens (including phenoxy) is 2. The highest BCUT2D eigenvalue weighted by molar-refractivity contribution is 6.51. The third kappa shape index (κ3) is 4.31. The van der Waals surface area contributed by atoms with Gasteiger partial charge in [0.15, 0.2) is 0 Å². The van der Waals surface area contributed by atoms with E-state index in [1.54, 1.807) is 49.4 Å². The molecule has 2 aliphatic rings. The van der Waals surface area contributed by atoms with Crippen molar-refractivity contribution in [3.05, 3.63) is 94.6 Å². The van der Waals surface area contributed by atoms with Crippen molar-refractivity contribution in [2.75, 3.05) is 11.5 Å². The fourth-order valence-corrected chi connectivity index (χ4v) is 4.77. The van der Waals surface area contributed by atoms with Crippen LogP contribution in [0.4, 0.5) is 5.69 Å². The molecule has 0 bridgehead atoms. The number of aliphatic hydroxyl groups is 1. The fourth-order valence-electron chi connectivity index (χ4n) is 4.77. The van der Waals surface area contributed by atoms with Gasteiger partial charge in [0.25, 0.3) is 11.7 Å². The summed E-state index contributed by atoms with van der Waals surface area (Å²) in [7, 11) is 0. The molecule has 5 rings (SSSR count). The van der Waals surface area contributed by atoms with Crippen molar-refractivity contribution in [1.82, 2.24) is 0 Å². The molecule has 1 saturated heterocycles. The molecule has 0 radical (unpaired) electrons. The predicted molar refractivity (Wildman–Crippen MR) is 136 cm³/mol. The number of nitrogens with zero attached hydrogens (tertiary/aromatic N) is 1. The summed E-state index contributed by atoms with van der Waals surface area (Å²) in [5, 5.41) is 21.2. The molecule has 1 amide bonds. The molecular weight excluding hydrogens is 474 g/mol. The first kappa shape index (κ1) is 24.1. The zero-order valence-electron chi connectivity index (χ0n) is 20.3. The Morgan fingerprint density at radius 3 is 2.38 bits per heavy atom. The third-order valence-electron chi connectivity index (χ3n) is 6.48. The SMILES string of the molecule is CCOC(=O)c1ccc(N2C(=O)C(=O)/C(=C(\O)c3ccc4c(c3)CC(C)O4)C2c2ccc(O)cc2)cc1. The highest BCUT2D eigenvalue weighted by Crippen LogP contribution is 2.43. The van der Waals surface area contributed by atoms with Gasteiger partial charge in [-0.1, -0.05) is 12.1 Å². The standard InChI is InChI=1S/C29H25NO7/c1-3-36-29(35)18-4-9-21(10-5-18)30-25(17-6-11-22(31)12-7-17)24(27(33)28(30)34)26(32)19-8-13-23-20(15-19)14-16(2)37-23/h4-13,15-16,25,31-32H,3,14H2,1-2H3/b26-24-. The predicted octanol–water partition coefficient (Wildman–Crippen LogP) is 4.52. The van der Waals surface area contributed by atoms with Crippen LogP contribution in [-0.2, 0) is 20.7 Å². The lowest BCUT2D eigenvalue weighted by atomic mass is 9.94. The molecule has 8 nitrogen and oxygen atoms in total. The van der Waals surface area contributed by atoms with E-state index in [1.807, 2.05) is 6.92 Å². The number of benzene rings is 3. The van der Waals surface area contributed by atoms with E-state index in [2.05, 4.69) is 0 Å². The maximum Gasteiger partial charge on any atom is 0.338 e. The second-order valence-electron chi connectivity index (χ2n) is 8.98. The molecule has 188 valence electrons. The lowest BCUT2D eigenvalue weighted by molar-refractivity contribution is -0.132. The molecular formula is C29H25NO7. The first-order valence-electron chi connectivity index (χ1n) is 12.0. The van der Waals surface area contributed by atoms with Crippen LogP contribution in [0.15, 0.2) is 72.3 Å². The van der Waals surface area contributed by atoms with Crippen LogP contribution in [0.3, 0.4) is 0 Å². The average molecular weight is 500 g/mol. The molecule has 2 atom stereocenters. The monoisotopic (exact) mass is 499 g/mol. The first-order valence-corrected chi connectivity index (χ1v) is 12.0. The normalized spacial score (nSPS) is 20.0. The number of carbonyl (C=O) groups is 3. The van der Waals surface area contributed by atoms with E-state index in [9.17, 15) is 24.6 Å². The van der Waals surface area contributed by atoms with Gasteiger partial charge in [-0.15, -0.1) is 0 Å². The molecule has 1 fully saturated rings. The number of carbonyl (C=O) groups excluding carboxylic acids is 3. The Kier molecular flexibility index (Phi) is 6.17. The Bertz CT molecular complexity index is 1420. The number of fused-ring (bicyclic) bond motifs is 1. The molecule has 2 heterocycles. The number of amides is 1. The topological polar surface area (TPSA) is 113 Å². The molecule has 0 spiro atoms. The van der Waals surface area contributed by atoms with E-state index in [0.29, 0.717) is 28.8 Å². The van der Waals surface area contributed by atoms with Crippen LogP contribution in [-0.4, -0.2) is 40.6 Å². The number of hydrogen-bond donors (Lipinski definition) is 2. The highest BCUT2D eigenvalue weighted by atomic mass is 16.5. The van der Waals surface area contributed by atoms with Crippen LogP contribution in [0.2, 0.25) is 0 Å². The van der Waals surface area contributed by atoms with Gasteiger partial charge in [-0.25, -0.2) is 4.79 Å². The van der Waals surface area contributed by atoms with Gasteiger partial charge in [-0.05, 0) is 79.6 Å². The zero-order valence-corrected chi connectivity index (χ0v) is 20.3. The van der Waals surface area contributed by atoms with Gasteiger partial charge in [0.1, 0.15) is 23.4 Å². The van der Waals surface area contributed by atoms with Crippen molar-refractivity contribution in [2.24, 2.45) is 0 Å². The van der Waals surface area contributed by atoms with E-state index in [1.165, 1.54) is 29.2 Å². The Labute approximate surface area is 213 Å². The van der Waals surface area contributed by atoms with Crippen LogP contribution in [0.25, 0.3) is 5.76 Å². The van der Waals surface area contributed by atoms with Crippen LogP contribution in [0.5, 0.6) is 11.5 Å². The van der Waals surface area contributed by atoms with Gasteiger partial charge >= 0.3 is 5.97 Å². The van der Waals surface area contributed by atoms with Gasteiger partial charge in [0, 0.05) is 17.7 Å². The lowest BCUT2D eigenvalue weighted by Crippen LogP contribution is -2.29. The van der Waals surface area contributed by atoms with Gasteiger partial charge in [-0.2, -0.15) is 0 Å². The molecule has 2 N–H and O–H groups in total. The van der Waals surface area contributed by atoms with Crippen molar-refractivity contribution in [3.63, 3.8) is 0 Å². The molecule has 3 aromatic rings. The number of anilines is 1. The maximum absolute atomic E-state index is 13.3. The van der Waals surface area contributed by atoms with Crippen molar-refractivity contribution in [3.8, 4) is 11.5 Å². The summed E-state index contributed by atoms with van der Waals surface area (Å²) >= 11 is 0. The highest BCUT2D eigenvalue weighted by Gasteiger charge is 2.47. The minimum atomic E-state index is -0.961. The molecule has 3 aromatic carbocycles. The summed E-state index contributed by atoms with van der Waals surface area (Å²) in [6.45, 7) is 3.88. The average Bonchev–Trinajstić information content (AvgIpc) is 3.39. The molecule has 2 aliphatic heterocycles. The zero-order chi connectivity index (χ0) is 26.3. The van der Waals surface area contributed by atoms with E-state index < -0.39 is 23.7 Å². The summed E-state index contributed by atoms with van der Waals surface area (Å²) in [5.41, 5.74) is 2.42. The number of Topliss-reactive ketones (excluding diaryl/α,β-unsaturated/α-hetero) is 1. The minimum absolute atomic E-state index is 0.00699. The quantitative estimate of drug-likeness (QED) is 0.230. The second-order valence-corrected chi connectivity index (χ2v) is 8.98. The van der Waals surface area contributed by atoms with Gasteiger partial charge in [0.05, 0.1) is 23.8 Å². The van der Waals surface area contributed by atoms with Gasteiger partial charge in [-0.3, -0.25) is 14.5 Å². The third-order valence-corrected chi connectivity index (χ3v) is 6.48. The van der Waals surface area contributed by atoms with Gasteiger partial charge in [0.2, 0.25) is 0 Å². The Hall–Kier alpha value is -4.59. The van der Waals surface area contributed by atoms with Crippen LogP contribution < -0.4 is 9.64 Å². The number of aliphatic hydroxyl groups excluding tert-OH is 1. The Balaban J connectivity index is 1.62. The summed E-state index contributed by atoms with van der Waals surface area (Å²) < 4.78 is 10.8. The summed E-state index contributed by atoms with van der Waals surface area (Å²) in [6, 6.07) is 16.4. The summed E-state index contributed by atoms with van der Waals surface area (Å²) in [4.78, 5) is 40.0. The number of ketones is 1. The molecule has 8 heteroatoms. The summed E-state index contributed by atoms with van der Waals surface area (Å²) in [5.74, 6) is -1.71. The van der Waals surface area contributed by atoms with Crippen LogP contribution in [0.1, 0.15) is 46.9 Å².